The molecule has 5 nitrogen and oxygen atoms in total. The van der Waals surface area contributed by atoms with E-state index in [-0.39, 0.29) is 5.82 Å². The van der Waals surface area contributed by atoms with Crippen LogP contribution in [0.1, 0.15) is 25.3 Å². The van der Waals surface area contributed by atoms with Gasteiger partial charge < -0.3 is 20.0 Å². The molecule has 0 saturated carbocycles. The first-order chi connectivity index (χ1) is 12.6. The first-order valence-electron chi connectivity index (χ1n) is 9.73. The van der Waals surface area contributed by atoms with Gasteiger partial charge in [0.15, 0.2) is 5.96 Å². The first-order valence-corrected chi connectivity index (χ1v) is 9.73. The minimum absolute atomic E-state index is 0.193. The number of nitrogens with one attached hydrogen (secondary N) is 1. The Kier molecular flexibility index (Phi) is 8.85. The Labute approximate surface area is 157 Å². The molecule has 1 saturated heterocycles. The fourth-order valence-corrected chi connectivity index (χ4v) is 3.16. The first kappa shape index (κ1) is 20.6. The molecule has 26 heavy (non-hydrogen) atoms. The molecule has 1 aliphatic heterocycles. The van der Waals surface area contributed by atoms with Crippen LogP contribution in [0.2, 0.25) is 0 Å². The lowest BCUT2D eigenvalue weighted by molar-refractivity contribution is 0.152. The molecule has 0 unspecified atom stereocenters. The molecule has 6 heteroatoms. The van der Waals surface area contributed by atoms with Crippen LogP contribution in [-0.4, -0.2) is 80.6 Å². The maximum absolute atomic E-state index is 13.4. The number of nitrogens with zero attached hydrogens (tertiary/aromatic N) is 4. The van der Waals surface area contributed by atoms with Gasteiger partial charge in [-0.15, -0.1) is 0 Å². The molecule has 0 amide bonds. The minimum Gasteiger partial charge on any atom is -0.357 e. The van der Waals surface area contributed by atoms with E-state index in [2.05, 4.69) is 34.0 Å². The van der Waals surface area contributed by atoms with Gasteiger partial charge in [0.2, 0.25) is 0 Å². The van der Waals surface area contributed by atoms with Gasteiger partial charge in [-0.05, 0) is 51.1 Å². The average Bonchev–Trinajstić information content (AvgIpc) is 2.62. The molecule has 1 aromatic carbocycles. The lowest BCUT2D eigenvalue weighted by Gasteiger charge is -2.32. The van der Waals surface area contributed by atoms with Gasteiger partial charge in [-0.2, -0.15) is 0 Å². The lowest BCUT2D eigenvalue weighted by atomic mass is 10.2. The molecule has 1 aliphatic rings. The van der Waals surface area contributed by atoms with Crippen LogP contribution < -0.4 is 5.32 Å². The largest absolute Gasteiger partial charge is 0.357 e. The number of benzene rings is 1. The molecule has 0 radical (unpaired) electrons. The second-order valence-corrected chi connectivity index (χ2v) is 7.07. The summed E-state index contributed by atoms with van der Waals surface area (Å²) >= 11 is 0. The molecule has 146 valence electrons. The van der Waals surface area contributed by atoms with Gasteiger partial charge >= 0.3 is 0 Å². The molecule has 1 aromatic rings. The van der Waals surface area contributed by atoms with E-state index < -0.39 is 0 Å². The Morgan fingerprint density at radius 2 is 2.00 bits per heavy atom. The molecule has 1 fully saturated rings. The van der Waals surface area contributed by atoms with Crippen molar-refractivity contribution in [3.05, 3.63) is 35.6 Å². The zero-order chi connectivity index (χ0) is 18.8. The molecular weight excluding hydrogens is 329 g/mol. The Morgan fingerprint density at radius 1 is 1.23 bits per heavy atom. The number of likely N-dealkylation sites (N-methyl/N-ethyl adjacent to an activating group) is 1. The van der Waals surface area contributed by atoms with Crippen LogP contribution in [0.25, 0.3) is 0 Å². The Hall–Kier alpha value is -1.66. The lowest BCUT2D eigenvalue weighted by Crippen LogP contribution is -2.44. The van der Waals surface area contributed by atoms with Crippen molar-refractivity contribution in [3.8, 4) is 0 Å². The minimum atomic E-state index is -0.193. The smallest absolute Gasteiger partial charge is 0.193 e. The predicted molar refractivity (Wildman–Crippen MR) is 107 cm³/mol. The summed E-state index contributed by atoms with van der Waals surface area (Å²) in [6, 6.07) is 6.75. The number of hydrogen-bond donors (Lipinski definition) is 1. The molecular formula is C20H34FN5. The topological polar surface area (TPSA) is 34.1 Å². The summed E-state index contributed by atoms with van der Waals surface area (Å²) in [7, 11) is 4.19. The van der Waals surface area contributed by atoms with Crippen LogP contribution in [0.4, 0.5) is 4.39 Å². The summed E-state index contributed by atoms with van der Waals surface area (Å²) in [4.78, 5) is 11.7. The molecule has 2 rings (SSSR count). The van der Waals surface area contributed by atoms with Crippen molar-refractivity contribution in [3.63, 3.8) is 0 Å². The monoisotopic (exact) mass is 363 g/mol. The van der Waals surface area contributed by atoms with E-state index in [1.54, 1.807) is 12.1 Å². The van der Waals surface area contributed by atoms with Crippen molar-refractivity contribution in [1.29, 1.82) is 0 Å². The third kappa shape index (κ3) is 7.30. The van der Waals surface area contributed by atoms with Crippen LogP contribution in [0.15, 0.2) is 29.3 Å². The van der Waals surface area contributed by atoms with Gasteiger partial charge in [-0.1, -0.05) is 12.1 Å². The van der Waals surface area contributed by atoms with E-state index in [0.717, 1.165) is 31.0 Å². The average molecular weight is 364 g/mol. The van der Waals surface area contributed by atoms with E-state index in [0.29, 0.717) is 6.54 Å². The number of unbranched alkanes of at least 4 members (excludes halogenated alkanes) is 1. The quantitative estimate of drug-likeness (QED) is 0.436. The normalized spacial score (nSPS) is 16.7. The van der Waals surface area contributed by atoms with Crippen LogP contribution in [0, 0.1) is 5.82 Å². The van der Waals surface area contributed by atoms with Gasteiger partial charge in [0.1, 0.15) is 5.82 Å². The SMILES string of the molecule is CCNC(=NCCCCN1CCN(C)CC1)N(C)Cc1cccc(F)c1. The van der Waals surface area contributed by atoms with Crippen molar-refractivity contribution in [1.82, 2.24) is 20.0 Å². The second-order valence-electron chi connectivity index (χ2n) is 7.07. The number of rotatable bonds is 8. The van der Waals surface area contributed by atoms with Crippen molar-refractivity contribution >= 4 is 5.96 Å². The zero-order valence-electron chi connectivity index (χ0n) is 16.5. The molecule has 0 atom stereocenters. The van der Waals surface area contributed by atoms with Gasteiger partial charge in [0.05, 0.1) is 0 Å². The van der Waals surface area contributed by atoms with Crippen LogP contribution in [0.3, 0.4) is 0 Å². The standard InChI is InChI=1S/C20H34FN5/c1-4-22-20(25(3)17-18-8-7-9-19(21)16-18)23-10-5-6-11-26-14-12-24(2)13-15-26/h7-9,16H,4-6,10-15,17H2,1-3H3,(H,22,23). The van der Waals surface area contributed by atoms with Crippen LogP contribution >= 0.6 is 0 Å². The third-order valence-electron chi connectivity index (χ3n) is 4.75. The predicted octanol–water partition coefficient (Wildman–Crippen LogP) is 2.25. The summed E-state index contributed by atoms with van der Waals surface area (Å²) in [5.41, 5.74) is 0.952. The highest BCUT2D eigenvalue weighted by Crippen LogP contribution is 2.07. The fourth-order valence-electron chi connectivity index (χ4n) is 3.16. The summed E-state index contributed by atoms with van der Waals surface area (Å²) in [6.45, 7) is 10.2. The van der Waals surface area contributed by atoms with Gasteiger partial charge in [-0.3, -0.25) is 4.99 Å². The molecule has 1 N–H and O–H groups in total. The van der Waals surface area contributed by atoms with E-state index in [1.807, 2.05) is 13.1 Å². The van der Waals surface area contributed by atoms with E-state index in [4.69, 9.17) is 4.99 Å². The van der Waals surface area contributed by atoms with Crippen molar-refractivity contribution in [2.45, 2.75) is 26.3 Å². The zero-order valence-corrected chi connectivity index (χ0v) is 16.5. The third-order valence-corrected chi connectivity index (χ3v) is 4.75. The highest BCUT2D eigenvalue weighted by molar-refractivity contribution is 5.79. The highest BCUT2D eigenvalue weighted by atomic mass is 19.1. The van der Waals surface area contributed by atoms with Crippen molar-refractivity contribution in [2.24, 2.45) is 4.99 Å². The highest BCUT2D eigenvalue weighted by Gasteiger charge is 2.12. The maximum Gasteiger partial charge on any atom is 0.193 e. The van der Waals surface area contributed by atoms with E-state index in [1.165, 1.54) is 45.2 Å². The molecule has 0 bridgehead atoms. The Morgan fingerprint density at radius 3 is 2.69 bits per heavy atom. The molecule has 0 spiro atoms. The number of aliphatic imine (C=N–C) groups is 1. The maximum atomic E-state index is 13.4. The Balaban J connectivity index is 1.74. The number of guanidine groups is 1. The van der Waals surface area contributed by atoms with Crippen LogP contribution in [-0.2, 0) is 6.54 Å². The van der Waals surface area contributed by atoms with E-state index >= 15 is 0 Å². The van der Waals surface area contributed by atoms with Gasteiger partial charge in [-0.25, -0.2) is 4.39 Å². The number of piperazine rings is 1. The van der Waals surface area contributed by atoms with Gasteiger partial charge in [0.25, 0.3) is 0 Å². The number of hydrogen-bond acceptors (Lipinski definition) is 3. The summed E-state index contributed by atoms with van der Waals surface area (Å²) in [5.74, 6) is 0.693. The molecule has 0 aliphatic carbocycles. The second kappa shape index (κ2) is 11.1. The summed E-state index contributed by atoms with van der Waals surface area (Å²) < 4.78 is 13.4. The molecule has 0 aromatic heterocycles. The van der Waals surface area contributed by atoms with Crippen LogP contribution in [0.5, 0.6) is 0 Å². The summed E-state index contributed by atoms with van der Waals surface area (Å²) in [5, 5.41) is 3.33. The van der Waals surface area contributed by atoms with Gasteiger partial charge in [0, 0.05) is 52.9 Å². The molecule has 1 heterocycles. The van der Waals surface area contributed by atoms with Crippen molar-refractivity contribution < 1.29 is 4.39 Å². The van der Waals surface area contributed by atoms with Crippen molar-refractivity contribution in [2.75, 3.05) is 59.9 Å². The van der Waals surface area contributed by atoms with E-state index in [9.17, 15) is 4.39 Å². The fraction of sp³-hybridized carbons (Fsp3) is 0.650. The Bertz CT molecular complexity index is 555. The number of halogens is 1. The summed E-state index contributed by atoms with van der Waals surface area (Å²) in [6.07, 6.45) is 2.27.